The molecule has 118 valence electrons. The molecule has 0 bridgehead atoms. The molecule has 5 heteroatoms. The molecule has 1 unspecified atom stereocenters. The summed E-state index contributed by atoms with van der Waals surface area (Å²) in [7, 11) is 0. The molecular formula is C15H28O5. The Labute approximate surface area is 122 Å². The summed E-state index contributed by atoms with van der Waals surface area (Å²) in [4.78, 5) is 22.1. The van der Waals surface area contributed by atoms with Crippen LogP contribution >= 0.6 is 0 Å². The van der Waals surface area contributed by atoms with Crippen molar-refractivity contribution in [3.63, 3.8) is 0 Å². The molecule has 0 radical (unpaired) electrons. The van der Waals surface area contributed by atoms with E-state index < -0.39 is 17.9 Å². The van der Waals surface area contributed by atoms with E-state index in [4.69, 9.17) is 19.2 Å². The van der Waals surface area contributed by atoms with Crippen LogP contribution in [0.5, 0.6) is 0 Å². The van der Waals surface area contributed by atoms with Gasteiger partial charge in [-0.15, -0.1) is 0 Å². The monoisotopic (exact) mass is 288 g/mol. The molecule has 5 nitrogen and oxygen atoms in total. The van der Waals surface area contributed by atoms with Crippen LogP contribution in [0.2, 0.25) is 0 Å². The Morgan fingerprint density at radius 2 is 1.90 bits per heavy atom. The summed E-state index contributed by atoms with van der Waals surface area (Å²) in [5.41, 5.74) is -0.130. The molecule has 0 spiro atoms. The van der Waals surface area contributed by atoms with E-state index in [1.807, 2.05) is 20.8 Å². The molecule has 0 aliphatic rings. The fraction of sp³-hybridized carbons (Fsp3) is 0.800. The summed E-state index contributed by atoms with van der Waals surface area (Å²) in [6.45, 7) is 13.7. The Morgan fingerprint density at radius 1 is 1.25 bits per heavy atom. The van der Waals surface area contributed by atoms with Gasteiger partial charge in [0, 0.05) is 12.2 Å². The Morgan fingerprint density at radius 3 is 2.40 bits per heavy atom. The van der Waals surface area contributed by atoms with Crippen LogP contribution < -0.4 is 0 Å². The molecule has 0 N–H and O–H groups in total. The van der Waals surface area contributed by atoms with Crippen LogP contribution in [0.25, 0.3) is 0 Å². The zero-order valence-electron chi connectivity index (χ0n) is 13.4. The molecule has 1 atom stereocenters. The predicted molar refractivity (Wildman–Crippen MR) is 77.0 cm³/mol. The third-order valence-corrected chi connectivity index (χ3v) is 2.42. The van der Waals surface area contributed by atoms with Crippen molar-refractivity contribution in [2.45, 2.75) is 65.8 Å². The van der Waals surface area contributed by atoms with Gasteiger partial charge >= 0.3 is 5.97 Å². The summed E-state index contributed by atoms with van der Waals surface area (Å²) in [5, 5.41) is 0. The van der Waals surface area contributed by atoms with Crippen LogP contribution in [0.15, 0.2) is 12.2 Å². The third-order valence-electron chi connectivity index (χ3n) is 2.42. The number of carbonyl (C=O) groups is 1. The van der Waals surface area contributed by atoms with Crippen LogP contribution in [-0.2, 0) is 24.0 Å². The summed E-state index contributed by atoms with van der Waals surface area (Å²) in [5.74, 6) is -0.521. The van der Waals surface area contributed by atoms with Gasteiger partial charge in [-0.25, -0.2) is 9.68 Å². The van der Waals surface area contributed by atoms with Crippen molar-refractivity contribution in [3.8, 4) is 0 Å². The van der Waals surface area contributed by atoms with Gasteiger partial charge < -0.3 is 9.47 Å². The van der Waals surface area contributed by atoms with Crippen molar-refractivity contribution in [2.75, 3.05) is 13.2 Å². The maximum atomic E-state index is 11.5. The first-order valence-corrected chi connectivity index (χ1v) is 7.11. The van der Waals surface area contributed by atoms with Gasteiger partial charge in [-0.2, -0.15) is 4.89 Å². The summed E-state index contributed by atoms with van der Waals surface area (Å²) in [6.07, 6.45) is 1.80. The van der Waals surface area contributed by atoms with Crippen LogP contribution in [0.4, 0.5) is 0 Å². The van der Waals surface area contributed by atoms with Gasteiger partial charge in [0.2, 0.25) is 0 Å². The SMILES string of the molecule is C=C(C)C(=O)OC(COCCC)OOC(C)(C)CCC. The first-order valence-electron chi connectivity index (χ1n) is 7.11. The minimum absolute atomic E-state index is 0.134. The molecule has 0 saturated carbocycles. The van der Waals surface area contributed by atoms with E-state index in [-0.39, 0.29) is 6.61 Å². The van der Waals surface area contributed by atoms with E-state index in [9.17, 15) is 4.79 Å². The molecule has 0 aliphatic heterocycles. The molecule has 0 rings (SSSR count). The number of carbonyl (C=O) groups excluding carboxylic acids is 1. The fourth-order valence-electron chi connectivity index (χ4n) is 1.45. The molecule has 0 aromatic carbocycles. The first-order chi connectivity index (χ1) is 9.32. The Balaban J connectivity index is 4.36. The van der Waals surface area contributed by atoms with Crippen LogP contribution in [0.3, 0.4) is 0 Å². The lowest BCUT2D eigenvalue weighted by molar-refractivity contribution is -0.417. The minimum Gasteiger partial charge on any atom is -0.427 e. The lowest BCUT2D eigenvalue weighted by Gasteiger charge is -2.26. The third kappa shape index (κ3) is 9.07. The Kier molecular flexibility index (Phi) is 9.46. The van der Waals surface area contributed by atoms with Gasteiger partial charge in [-0.05, 0) is 33.6 Å². The number of hydrogen-bond donors (Lipinski definition) is 0. The highest BCUT2D eigenvalue weighted by Gasteiger charge is 2.24. The van der Waals surface area contributed by atoms with Crippen molar-refractivity contribution < 1.29 is 24.0 Å². The normalized spacial score (nSPS) is 13.1. The van der Waals surface area contributed by atoms with Crippen molar-refractivity contribution in [1.82, 2.24) is 0 Å². The van der Waals surface area contributed by atoms with Gasteiger partial charge in [0.25, 0.3) is 6.29 Å². The first kappa shape index (κ1) is 19.1. The molecule has 0 heterocycles. The molecule has 20 heavy (non-hydrogen) atoms. The van der Waals surface area contributed by atoms with E-state index in [1.54, 1.807) is 6.92 Å². The molecule has 0 amide bonds. The average molecular weight is 288 g/mol. The van der Waals surface area contributed by atoms with E-state index >= 15 is 0 Å². The maximum absolute atomic E-state index is 11.5. The van der Waals surface area contributed by atoms with Crippen LogP contribution in [0, 0.1) is 0 Å². The molecule has 0 saturated heterocycles. The summed E-state index contributed by atoms with van der Waals surface area (Å²) >= 11 is 0. The van der Waals surface area contributed by atoms with Gasteiger partial charge in [0.1, 0.15) is 6.61 Å². The highest BCUT2D eigenvalue weighted by Crippen LogP contribution is 2.18. The molecule has 0 aromatic heterocycles. The van der Waals surface area contributed by atoms with Crippen molar-refractivity contribution in [2.24, 2.45) is 0 Å². The van der Waals surface area contributed by atoms with E-state index in [2.05, 4.69) is 13.5 Å². The zero-order chi connectivity index (χ0) is 15.6. The smallest absolute Gasteiger partial charge is 0.335 e. The summed E-state index contributed by atoms with van der Waals surface area (Å²) < 4.78 is 10.5. The predicted octanol–water partition coefficient (Wildman–Crippen LogP) is 3.39. The second-order valence-electron chi connectivity index (χ2n) is 5.38. The van der Waals surface area contributed by atoms with Gasteiger partial charge in [0.15, 0.2) is 0 Å². The van der Waals surface area contributed by atoms with Crippen molar-refractivity contribution >= 4 is 5.97 Å². The van der Waals surface area contributed by atoms with Crippen molar-refractivity contribution in [1.29, 1.82) is 0 Å². The maximum Gasteiger partial charge on any atom is 0.335 e. The fourth-order valence-corrected chi connectivity index (χ4v) is 1.45. The minimum atomic E-state index is -0.887. The second-order valence-corrected chi connectivity index (χ2v) is 5.38. The van der Waals surface area contributed by atoms with Gasteiger partial charge in [-0.1, -0.05) is 26.8 Å². The van der Waals surface area contributed by atoms with Crippen LogP contribution in [0.1, 0.15) is 53.9 Å². The number of rotatable bonds is 11. The van der Waals surface area contributed by atoms with E-state index in [1.165, 1.54) is 0 Å². The zero-order valence-corrected chi connectivity index (χ0v) is 13.4. The van der Waals surface area contributed by atoms with Crippen LogP contribution in [-0.4, -0.2) is 31.1 Å². The molecular weight excluding hydrogens is 260 g/mol. The quantitative estimate of drug-likeness (QED) is 0.146. The average Bonchev–Trinajstić information content (AvgIpc) is 2.35. The largest absolute Gasteiger partial charge is 0.427 e. The number of hydrogen-bond acceptors (Lipinski definition) is 5. The lowest BCUT2D eigenvalue weighted by Crippen LogP contribution is -2.32. The lowest BCUT2D eigenvalue weighted by atomic mass is 10.0. The number of ether oxygens (including phenoxy) is 2. The van der Waals surface area contributed by atoms with Crippen molar-refractivity contribution in [3.05, 3.63) is 12.2 Å². The molecule has 0 aliphatic carbocycles. The second kappa shape index (κ2) is 9.91. The highest BCUT2D eigenvalue weighted by molar-refractivity contribution is 5.86. The summed E-state index contributed by atoms with van der Waals surface area (Å²) in [6, 6.07) is 0. The molecule has 0 fully saturated rings. The highest BCUT2D eigenvalue weighted by atomic mass is 17.2. The number of esters is 1. The van der Waals surface area contributed by atoms with E-state index in [0.717, 1.165) is 19.3 Å². The standard InChI is InChI=1S/C15H28O5/c1-7-9-15(5,6)20-19-13(11-17-10-8-2)18-14(16)12(3)4/h13H,3,7-11H2,1-2,4-6H3. The molecule has 0 aromatic rings. The van der Waals surface area contributed by atoms with Gasteiger partial charge in [0.05, 0.1) is 5.60 Å². The topological polar surface area (TPSA) is 54.0 Å². The van der Waals surface area contributed by atoms with Gasteiger partial charge in [-0.3, -0.25) is 0 Å². The Hall–Kier alpha value is -0.910. The van der Waals surface area contributed by atoms with E-state index in [0.29, 0.717) is 12.2 Å². The Bertz CT molecular complexity index is 299.